The molecule has 1 fully saturated rings. The molecule has 8 heteroatoms. The predicted molar refractivity (Wildman–Crippen MR) is 113 cm³/mol. The van der Waals surface area contributed by atoms with Gasteiger partial charge in [0.2, 0.25) is 10.0 Å². The van der Waals surface area contributed by atoms with Gasteiger partial charge >= 0.3 is 0 Å². The predicted octanol–water partition coefficient (Wildman–Crippen LogP) is 3.60. The number of carbonyl (C=O) groups is 1. The first-order valence-corrected chi connectivity index (χ1v) is 11.4. The van der Waals surface area contributed by atoms with Crippen LogP contribution in [0, 0.1) is 6.92 Å². The quantitative estimate of drug-likeness (QED) is 0.694. The van der Waals surface area contributed by atoms with Crippen LogP contribution in [0.3, 0.4) is 0 Å². The summed E-state index contributed by atoms with van der Waals surface area (Å²) in [5, 5.41) is 2.95. The second-order valence-corrected chi connectivity index (χ2v) is 9.38. The van der Waals surface area contributed by atoms with Crippen LogP contribution in [0.15, 0.2) is 47.4 Å². The van der Waals surface area contributed by atoms with Gasteiger partial charge in [0.25, 0.3) is 5.91 Å². The van der Waals surface area contributed by atoms with Crippen molar-refractivity contribution in [3.8, 4) is 0 Å². The van der Waals surface area contributed by atoms with Crippen molar-refractivity contribution in [2.45, 2.75) is 43.7 Å². The number of carbonyl (C=O) groups excluding carboxylic acids is 1. The van der Waals surface area contributed by atoms with Gasteiger partial charge in [0.15, 0.2) is 0 Å². The summed E-state index contributed by atoms with van der Waals surface area (Å²) in [4.78, 5) is 12.5. The highest BCUT2D eigenvalue weighted by Gasteiger charge is 2.23. The fourth-order valence-electron chi connectivity index (χ4n) is 3.15. The van der Waals surface area contributed by atoms with Crippen LogP contribution in [0.4, 0.5) is 0 Å². The molecule has 6 nitrogen and oxygen atoms in total. The van der Waals surface area contributed by atoms with Gasteiger partial charge in [-0.05, 0) is 50.5 Å². The fraction of sp³-hybridized carbons (Fsp3) is 0.381. The Labute approximate surface area is 176 Å². The lowest BCUT2D eigenvalue weighted by Gasteiger charge is -2.16. The SMILES string of the molecule is Cc1ccc(C(C)NC(=O)c2ccc(Cl)c(S(=O)(=O)NCC3CCCO3)c2)cc1. The van der Waals surface area contributed by atoms with Gasteiger partial charge < -0.3 is 10.1 Å². The average Bonchev–Trinajstić information content (AvgIpc) is 3.21. The topological polar surface area (TPSA) is 84.5 Å². The highest BCUT2D eigenvalue weighted by Crippen LogP contribution is 2.24. The Hall–Kier alpha value is -1.93. The number of halogens is 1. The van der Waals surface area contributed by atoms with E-state index in [1.165, 1.54) is 18.2 Å². The largest absolute Gasteiger partial charge is 0.377 e. The third kappa shape index (κ3) is 5.57. The van der Waals surface area contributed by atoms with Gasteiger partial charge in [0, 0.05) is 18.7 Å². The van der Waals surface area contributed by atoms with E-state index in [1.807, 2.05) is 38.1 Å². The van der Waals surface area contributed by atoms with Crippen molar-refractivity contribution in [3.05, 3.63) is 64.2 Å². The summed E-state index contributed by atoms with van der Waals surface area (Å²) in [5.41, 5.74) is 2.32. The highest BCUT2D eigenvalue weighted by atomic mass is 35.5. The molecule has 0 spiro atoms. The lowest BCUT2D eigenvalue weighted by Crippen LogP contribution is -2.32. The van der Waals surface area contributed by atoms with Crippen LogP contribution in [0.5, 0.6) is 0 Å². The Morgan fingerprint density at radius 3 is 2.62 bits per heavy atom. The van der Waals surface area contributed by atoms with E-state index < -0.39 is 10.0 Å². The Kier molecular flexibility index (Phi) is 6.95. The smallest absolute Gasteiger partial charge is 0.251 e. The van der Waals surface area contributed by atoms with Gasteiger partial charge in [-0.25, -0.2) is 13.1 Å². The van der Waals surface area contributed by atoms with Gasteiger partial charge in [-0.15, -0.1) is 0 Å². The first-order valence-electron chi connectivity index (χ1n) is 9.54. The molecule has 2 aromatic rings. The zero-order valence-electron chi connectivity index (χ0n) is 16.4. The second kappa shape index (κ2) is 9.26. The molecule has 0 saturated carbocycles. The van der Waals surface area contributed by atoms with Crippen LogP contribution in [-0.2, 0) is 14.8 Å². The summed E-state index contributed by atoms with van der Waals surface area (Å²) in [6, 6.07) is 11.9. The molecular weight excluding hydrogens is 412 g/mol. The normalized spacial score (nSPS) is 17.8. The molecule has 2 atom stereocenters. The molecule has 2 N–H and O–H groups in total. The number of aryl methyl sites for hydroxylation is 1. The number of nitrogens with one attached hydrogen (secondary N) is 2. The van der Waals surface area contributed by atoms with E-state index in [4.69, 9.17) is 16.3 Å². The third-order valence-electron chi connectivity index (χ3n) is 4.93. The van der Waals surface area contributed by atoms with E-state index in [9.17, 15) is 13.2 Å². The van der Waals surface area contributed by atoms with Crippen LogP contribution in [0.1, 0.15) is 47.3 Å². The Bertz CT molecular complexity index is 971. The van der Waals surface area contributed by atoms with Crippen LogP contribution >= 0.6 is 11.6 Å². The molecule has 1 aliphatic rings. The van der Waals surface area contributed by atoms with Crippen molar-refractivity contribution in [3.63, 3.8) is 0 Å². The molecule has 1 amide bonds. The molecule has 2 aromatic carbocycles. The van der Waals surface area contributed by atoms with E-state index in [0.717, 1.165) is 24.0 Å². The molecule has 0 bridgehead atoms. The lowest BCUT2D eigenvalue weighted by molar-refractivity contribution is 0.0939. The molecule has 0 aromatic heterocycles. The summed E-state index contributed by atoms with van der Waals surface area (Å²) in [6.07, 6.45) is 1.60. The number of rotatable bonds is 7. The van der Waals surface area contributed by atoms with Gasteiger partial charge in [-0.2, -0.15) is 0 Å². The van der Waals surface area contributed by atoms with E-state index in [0.29, 0.717) is 6.61 Å². The lowest BCUT2D eigenvalue weighted by atomic mass is 10.1. The van der Waals surface area contributed by atoms with Gasteiger partial charge in [0.05, 0.1) is 17.2 Å². The summed E-state index contributed by atoms with van der Waals surface area (Å²) >= 11 is 6.12. The monoisotopic (exact) mass is 436 g/mol. The number of hydrogen-bond donors (Lipinski definition) is 2. The molecule has 0 aliphatic carbocycles. The molecule has 1 saturated heterocycles. The maximum absolute atomic E-state index is 12.7. The van der Waals surface area contributed by atoms with Crippen molar-refractivity contribution in [1.82, 2.24) is 10.0 Å². The van der Waals surface area contributed by atoms with Gasteiger partial charge in [0.1, 0.15) is 4.90 Å². The summed E-state index contributed by atoms with van der Waals surface area (Å²) in [7, 11) is -3.86. The van der Waals surface area contributed by atoms with Crippen molar-refractivity contribution in [2.75, 3.05) is 13.2 Å². The van der Waals surface area contributed by atoms with Crippen LogP contribution < -0.4 is 10.0 Å². The van der Waals surface area contributed by atoms with Crippen LogP contribution in [-0.4, -0.2) is 33.6 Å². The number of ether oxygens (including phenoxy) is 1. The summed E-state index contributed by atoms with van der Waals surface area (Å²) < 4.78 is 33.3. The maximum Gasteiger partial charge on any atom is 0.251 e. The minimum Gasteiger partial charge on any atom is -0.377 e. The zero-order valence-corrected chi connectivity index (χ0v) is 18.0. The van der Waals surface area contributed by atoms with Crippen molar-refractivity contribution in [1.29, 1.82) is 0 Å². The van der Waals surface area contributed by atoms with Crippen LogP contribution in [0.2, 0.25) is 5.02 Å². The second-order valence-electron chi connectivity index (χ2n) is 7.24. The van der Waals surface area contributed by atoms with Crippen molar-refractivity contribution < 1.29 is 17.9 Å². The molecule has 1 aliphatic heterocycles. The molecular formula is C21H25ClN2O4S. The molecule has 156 valence electrons. The van der Waals surface area contributed by atoms with Crippen LogP contribution in [0.25, 0.3) is 0 Å². The van der Waals surface area contributed by atoms with Crippen molar-refractivity contribution in [2.24, 2.45) is 0 Å². The Balaban J connectivity index is 1.73. The molecule has 1 heterocycles. The van der Waals surface area contributed by atoms with E-state index >= 15 is 0 Å². The van der Waals surface area contributed by atoms with E-state index in [2.05, 4.69) is 10.0 Å². The average molecular weight is 437 g/mol. The summed E-state index contributed by atoms with van der Waals surface area (Å²) in [5.74, 6) is -0.370. The zero-order chi connectivity index (χ0) is 21.0. The third-order valence-corrected chi connectivity index (χ3v) is 6.84. The summed E-state index contributed by atoms with van der Waals surface area (Å²) in [6.45, 7) is 4.69. The maximum atomic E-state index is 12.7. The van der Waals surface area contributed by atoms with Gasteiger partial charge in [-0.3, -0.25) is 4.79 Å². The fourth-order valence-corrected chi connectivity index (χ4v) is 4.74. The number of sulfonamides is 1. The standard InChI is InChI=1S/C21H25ClN2O4S/c1-14-5-7-16(8-6-14)15(2)24-21(25)17-9-10-19(22)20(12-17)29(26,27)23-13-18-4-3-11-28-18/h5-10,12,15,18,23H,3-4,11,13H2,1-2H3,(H,24,25). The molecule has 0 radical (unpaired) electrons. The first kappa shape index (κ1) is 21.8. The highest BCUT2D eigenvalue weighted by molar-refractivity contribution is 7.89. The Morgan fingerprint density at radius 2 is 1.97 bits per heavy atom. The van der Waals surface area contributed by atoms with E-state index in [-0.39, 0.29) is 40.1 Å². The van der Waals surface area contributed by atoms with E-state index in [1.54, 1.807) is 0 Å². The van der Waals surface area contributed by atoms with Crippen molar-refractivity contribution >= 4 is 27.5 Å². The first-order chi connectivity index (χ1) is 13.8. The molecule has 3 rings (SSSR count). The molecule has 29 heavy (non-hydrogen) atoms. The number of benzene rings is 2. The Morgan fingerprint density at radius 1 is 1.24 bits per heavy atom. The minimum atomic E-state index is -3.86. The molecule has 2 unspecified atom stereocenters. The number of amides is 1. The minimum absolute atomic E-state index is 0.0629. The number of hydrogen-bond acceptors (Lipinski definition) is 4. The van der Waals surface area contributed by atoms with Gasteiger partial charge in [-0.1, -0.05) is 41.4 Å².